The molecule has 1 aliphatic rings. The Morgan fingerprint density at radius 2 is 2.07 bits per heavy atom. The highest BCUT2D eigenvalue weighted by molar-refractivity contribution is 6.31. The van der Waals surface area contributed by atoms with E-state index in [2.05, 4.69) is 29.0 Å². The monoisotopic (exact) mass is 377 g/mol. The summed E-state index contributed by atoms with van der Waals surface area (Å²) >= 11 is 6.37. The number of halogens is 1. The number of pyridine rings is 1. The summed E-state index contributed by atoms with van der Waals surface area (Å²) < 4.78 is 0. The van der Waals surface area contributed by atoms with Gasteiger partial charge >= 0.3 is 0 Å². The number of likely N-dealkylation sites (tertiary alicyclic amines) is 1. The Kier molecular flexibility index (Phi) is 4.36. The summed E-state index contributed by atoms with van der Waals surface area (Å²) in [6, 6.07) is 16.0. The van der Waals surface area contributed by atoms with Crippen LogP contribution in [0.4, 0.5) is 5.69 Å². The molecule has 5 heteroatoms. The SMILES string of the molecule is C=CC(=O)N1CC(Nc2ccc3cccnc3c2)(c2cccc(Cl)c2C)C1. The van der Waals surface area contributed by atoms with Crippen molar-refractivity contribution in [3.05, 3.63) is 83.5 Å². The second-order valence-electron chi connectivity index (χ2n) is 6.93. The van der Waals surface area contributed by atoms with E-state index in [0.29, 0.717) is 13.1 Å². The van der Waals surface area contributed by atoms with Gasteiger partial charge in [0, 0.05) is 22.3 Å². The minimum absolute atomic E-state index is 0.0627. The van der Waals surface area contributed by atoms with Gasteiger partial charge in [-0.3, -0.25) is 9.78 Å². The molecule has 0 aliphatic carbocycles. The minimum Gasteiger partial charge on any atom is -0.372 e. The van der Waals surface area contributed by atoms with E-state index < -0.39 is 5.54 Å². The summed E-state index contributed by atoms with van der Waals surface area (Å²) in [7, 11) is 0. The van der Waals surface area contributed by atoms with Gasteiger partial charge in [0.05, 0.1) is 24.1 Å². The molecule has 1 N–H and O–H groups in total. The van der Waals surface area contributed by atoms with Crippen LogP contribution in [0.5, 0.6) is 0 Å². The number of fused-ring (bicyclic) bond motifs is 1. The molecule has 136 valence electrons. The Bertz CT molecular complexity index is 1040. The topological polar surface area (TPSA) is 45.2 Å². The Morgan fingerprint density at radius 1 is 1.26 bits per heavy atom. The third-order valence-corrected chi connectivity index (χ3v) is 5.59. The highest BCUT2D eigenvalue weighted by Gasteiger charge is 2.47. The lowest BCUT2D eigenvalue weighted by Crippen LogP contribution is -2.65. The van der Waals surface area contributed by atoms with Gasteiger partial charge in [-0.2, -0.15) is 0 Å². The lowest BCUT2D eigenvalue weighted by molar-refractivity contribution is -0.132. The molecular formula is C22H20ClN3O. The first-order valence-corrected chi connectivity index (χ1v) is 9.20. The molecule has 0 unspecified atom stereocenters. The Hall–Kier alpha value is -2.85. The second kappa shape index (κ2) is 6.71. The van der Waals surface area contributed by atoms with Gasteiger partial charge in [-0.15, -0.1) is 0 Å². The molecule has 0 radical (unpaired) electrons. The van der Waals surface area contributed by atoms with E-state index in [1.165, 1.54) is 6.08 Å². The smallest absolute Gasteiger partial charge is 0.246 e. The van der Waals surface area contributed by atoms with Crippen LogP contribution in [0.1, 0.15) is 11.1 Å². The second-order valence-corrected chi connectivity index (χ2v) is 7.34. The summed E-state index contributed by atoms with van der Waals surface area (Å²) in [6.45, 7) is 6.72. The molecule has 1 aromatic heterocycles. The average molecular weight is 378 g/mol. The van der Waals surface area contributed by atoms with Crippen LogP contribution in [0, 0.1) is 6.92 Å². The normalized spacial score (nSPS) is 15.3. The Balaban J connectivity index is 1.73. The van der Waals surface area contributed by atoms with Crippen molar-refractivity contribution in [2.24, 2.45) is 0 Å². The molecule has 1 aliphatic heterocycles. The number of amides is 1. The average Bonchev–Trinajstić information content (AvgIpc) is 2.66. The lowest BCUT2D eigenvalue weighted by atomic mass is 9.79. The maximum absolute atomic E-state index is 12.0. The van der Waals surface area contributed by atoms with E-state index in [0.717, 1.165) is 32.7 Å². The highest BCUT2D eigenvalue weighted by atomic mass is 35.5. The fourth-order valence-electron chi connectivity index (χ4n) is 3.75. The number of anilines is 1. The van der Waals surface area contributed by atoms with Crippen molar-refractivity contribution in [1.82, 2.24) is 9.88 Å². The van der Waals surface area contributed by atoms with E-state index in [-0.39, 0.29) is 5.91 Å². The molecule has 1 saturated heterocycles. The van der Waals surface area contributed by atoms with Crippen molar-refractivity contribution in [2.45, 2.75) is 12.5 Å². The molecule has 3 aromatic rings. The number of rotatable bonds is 4. The molecule has 4 rings (SSSR count). The first-order chi connectivity index (χ1) is 13.0. The standard InChI is InChI=1S/C22H20ClN3O/c1-3-21(27)26-13-22(14-26,18-7-4-8-19(23)15(18)2)25-17-10-9-16-6-5-11-24-20(16)12-17/h3-12,25H,1,13-14H2,2H3. The van der Waals surface area contributed by atoms with Crippen LogP contribution in [0.25, 0.3) is 10.9 Å². The van der Waals surface area contributed by atoms with Gasteiger partial charge in [-0.1, -0.05) is 42.4 Å². The van der Waals surface area contributed by atoms with Crippen molar-refractivity contribution < 1.29 is 4.79 Å². The lowest BCUT2D eigenvalue weighted by Gasteiger charge is -2.51. The van der Waals surface area contributed by atoms with Crippen LogP contribution in [0.3, 0.4) is 0 Å². The van der Waals surface area contributed by atoms with Crippen molar-refractivity contribution in [1.29, 1.82) is 0 Å². The zero-order valence-corrected chi connectivity index (χ0v) is 15.8. The zero-order chi connectivity index (χ0) is 19.0. The summed E-state index contributed by atoms with van der Waals surface area (Å²) in [6.07, 6.45) is 3.14. The molecule has 1 fully saturated rings. The Labute approximate surface area is 163 Å². The first-order valence-electron chi connectivity index (χ1n) is 8.82. The van der Waals surface area contributed by atoms with Crippen LogP contribution in [0.2, 0.25) is 5.02 Å². The van der Waals surface area contributed by atoms with Crippen LogP contribution >= 0.6 is 11.6 Å². The number of aromatic nitrogens is 1. The van der Waals surface area contributed by atoms with Gasteiger partial charge in [0.15, 0.2) is 0 Å². The molecule has 0 spiro atoms. The van der Waals surface area contributed by atoms with Crippen molar-refractivity contribution in [3.63, 3.8) is 0 Å². The summed E-state index contributed by atoms with van der Waals surface area (Å²) in [5.74, 6) is -0.0627. The highest BCUT2D eigenvalue weighted by Crippen LogP contribution is 2.39. The fourth-order valence-corrected chi connectivity index (χ4v) is 3.93. The molecule has 0 saturated carbocycles. The van der Waals surface area contributed by atoms with Crippen molar-refractivity contribution >= 4 is 34.1 Å². The van der Waals surface area contributed by atoms with Gasteiger partial charge in [-0.25, -0.2) is 0 Å². The molecule has 0 bridgehead atoms. The molecular weight excluding hydrogens is 358 g/mol. The number of benzene rings is 2. The van der Waals surface area contributed by atoms with Crippen LogP contribution in [-0.4, -0.2) is 28.9 Å². The van der Waals surface area contributed by atoms with E-state index in [1.807, 2.05) is 43.3 Å². The maximum atomic E-state index is 12.0. The first kappa shape index (κ1) is 17.6. The molecule has 2 heterocycles. The van der Waals surface area contributed by atoms with Crippen molar-refractivity contribution in [2.75, 3.05) is 18.4 Å². The molecule has 1 amide bonds. The van der Waals surface area contributed by atoms with Crippen LogP contribution in [-0.2, 0) is 10.3 Å². The third kappa shape index (κ3) is 3.06. The van der Waals surface area contributed by atoms with E-state index in [4.69, 9.17) is 11.6 Å². The van der Waals surface area contributed by atoms with Gasteiger partial charge < -0.3 is 10.2 Å². The number of carbonyl (C=O) groups excluding carboxylic acids is 1. The summed E-state index contributed by atoms with van der Waals surface area (Å²) in [5, 5.41) is 5.47. The van der Waals surface area contributed by atoms with Gasteiger partial charge in [0.25, 0.3) is 0 Å². The number of nitrogens with one attached hydrogen (secondary N) is 1. The van der Waals surface area contributed by atoms with Crippen LogP contribution < -0.4 is 5.32 Å². The largest absolute Gasteiger partial charge is 0.372 e. The predicted molar refractivity (Wildman–Crippen MR) is 110 cm³/mol. The summed E-state index contributed by atoms with van der Waals surface area (Å²) in [5.41, 5.74) is 3.63. The zero-order valence-electron chi connectivity index (χ0n) is 15.1. The van der Waals surface area contributed by atoms with Crippen LogP contribution in [0.15, 0.2) is 67.4 Å². The van der Waals surface area contributed by atoms with Gasteiger partial charge in [0.1, 0.15) is 0 Å². The van der Waals surface area contributed by atoms with Gasteiger partial charge in [-0.05, 0) is 48.4 Å². The maximum Gasteiger partial charge on any atom is 0.246 e. The van der Waals surface area contributed by atoms with E-state index >= 15 is 0 Å². The quantitative estimate of drug-likeness (QED) is 0.679. The van der Waals surface area contributed by atoms with Crippen molar-refractivity contribution in [3.8, 4) is 0 Å². The Morgan fingerprint density at radius 3 is 2.85 bits per heavy atom. The number of carbonyl (C=O) groups is 1. The van der Waals surface area contributed by atoms with Gasteiger partial charge in [0.2, 0.25) is 5.91 Å². The van der Waals surface area contributed by atoms with E-state index in [1.54, 1.807) is 11.1 Å². The molecule has 2 aromatic carbocycles. The fraction of sp³-hybridized carbons (Fsp3) is 0.182. The summed E-state index contributed by atoms with van der Waals surface area (Å²) in [4.78, 5) is 18.3. The third-order valence-electron chi connectivity index (χ3n) is 5.18. The van der Waals surface area contributed by atoms with E-state index in [9.17, 15) is 4.79 Å². The number of nitrogens with zero attached hydrogens (tertiary/aromatic N) is 2. The number of hydrogen-bond donors (Lipinski definition) is 1. The molecule has 0 atom stereocenters. The minimum atomic E-state index is -0.393. The predicted octanol–water partition coefficient (Wildman–Crippen LogP) is 4.53. The molecule has 4 nitrogen and oxygen atoms in total. The molecule has 27 heavy (non-hydrogen) atoms. The number of hydrogen-bond acceptors (Lipinski definition) is 3.